The minimum absolute atomic E-state index is 0.172. The quantitative estimate of drug-likeness (QED) is 0.899. The zero-order valence-corrected chi connectivity index (χ0v) is 11.2. The molecule has 20 heavy (non-hydrogen) atoms. The lowest BCUT2D eigenvalue weighted by Crippen LogP contribution is -2.17. The summed E-state index contributed by atoms with van der Waals surface area (Å²) in [4.78, 5) is 20.2. The van der Waals surface area contributed by atoms with E-state index in [2.05, 4.69) is 20.6 Å². The molecular formula is C14H15FN4O. The third kappa shape index (κ3) is 3.74. The monoisotopic (exact) mass is 274 g/mol. The molecule has 6 heteroatoms. The Morgan fingerprint density at radius 2 is 1.90 bits per heavy atom. The lowest BCUT2D eigenvalue weighted by Gasteiger charge is -2.09. The van der Waals surface area contributed by atoms with Crippen LogP contribution < -0.4 is 10.6 Å². The van der Waals surface area contributed by atoms with Gasteiger partial charge in [-0.3, -0.25) is 4.79 Å². The molecule has 0 radical (unpaired) electrons. The molecule has 0 aliphatic rings. The summed E-state index contributed by atoms with van der Waals surface area (Å²) < 4.78 is 12.8. The molecule has 104 valence electrons. The van der Waals surface area contributed by atoms with Crippen LogP contribution in [0.3, 0.4) is 0 Å². The van der Waals surface area contributed by atoms with Gasteiger partial charge in [-0.15, -0.1) is 0 Å². The highest BCUT2D eigenvalue weighted by atomic mass is 19.1. The Hall–Kier alpha value is -2.50. The second-order valence-corrected chi connectivity index (χ2v) is 4.53. The molecule has 1 aromatic carbocycles. The molecule has 2 N–H and O–H groups in total. The van der Waals surface area contributed by atoms with Gasteiger partial charge in [-0.05, 0) is 44.2 Å². The molecule has 1 aromatic heterocycles. The SMILES string of the molecule is CC(C)Nc1nccc(C(=O)Nc2ccc(F)cc2)n1. The maximum atomic E-state index is 12.8. The number of halogens is 1. The van der Waals surface area contributed by atoms with Crippen molar-refractivity contribution in [1.82, 2.24) is 9.97 Å². The van der Waals surface area contributed by atoms with Crippen LogP contribution in [0.5, 0.6) is 0 Å². The number of hydrogen-bond donors (Lipinski definition) is 2. The minimum atomic E-state index is -0.370. The fourth-order valence-electron chi connectivity index (χ4n) is 1.54. The molecule has 2 aromatic rings. The van der Waals surface area contributed by atoms with E-state index in [0.29, 0.717) is 11.6 Å². The molecular weight excluding hydrogens is 259 g/mol. The van der Waals surface area contributed by atoms with Crippen molar-refractivity contribution >= 4 is 17.5 Å². The van der Waals surface area contributed by atoms with Crippen LogP contribution in [0.25, 0.3) is 0 Å². The molecule has 0 aliphatic heterocycles. The summed E-state index contributed by atoms with van der Waals surface area (Å²) in [6.07, 6.45) is 1.51. The van der Waals surface area contributed by atoms with Crippen LogP contribution in [0, 0.1) is 5.82 Å². The van der Waals surface area contributed by atoms with Crippen LogP contribution in [-0.4, -0.2) is 21.9 Å². The van der Waals surface area contributed by atoms with Gasteiger partial charge in [0.15, 0.2) is 0 Å². The number of anilines is 2. The second-order valence-electron chi connectivity index (χ2n) is 4.53. The van der Waals surface area contributed by atoms with Gasteiger partial charge >= 0.3 is 0 Å². The van der Waals surface area contributed by atoms with Crippen molar-refractivity contribution in [2.75, 3.05) is 10.6 Å². The number of hydrogen-bond acceptors (Lipinski definition) is 4. The zero-order chi connectivity index (χ0) is 14.5. The molecule has 0 atom stereocenters. The summed E-state index contributed by atoms with van der Waals surface area (Å²) in [5.41, 5.74) is 0.751. The number of carbonyl (C=O) groups excluding carboxylic acids is 1. The van der Waals surface area contributed by atoms with E-state index < -0.39 is 0 Å². The highest BCUT2D eigenvalue weighted by Gasteiger charge is 2.09. The standard InChI is InChI=1S/C14H15FN4O/c1-9(2)17-14-16-8-7-12(19-14)13(20)18-11-5-3-10(15)4-6-11/h3-9H,1-2H3,(H,18,20)(H,16,17,19). The fraction of sp³-hybridized carbons (Fsp3) is 0.214. The first-order chi connectivity index (χ1) is 9.54. The van der Waals surface area contributed by atoms with Crippen molar-refractivity contribution in [3.8, 4) is 0 Å². The Kier molecular flexibility index (Phi) is 4.24. The van der Waals surface area contributed by atoms with Crippen LogP contribution in [0.1, 0.15) is 24.3 Å². The predicted octanol–water partition coefficient (Wildman–Crippen LogP) is 2.69. The average molecular weight is 274 g/mol. The number of benzene rings is 1. The maximum Gasteiger partial charge on any atom is 0.274 e. The van der Waals surface area contributed by atoms with Gasteiger partial charge in [-0.1, -0.05) is 0 Å². The highest BCUT2D eigenvalue weighted by Crippen LogP contribution is 2.10. The third-order valence-corrected chi connectivity index (χ3v) is 2.41. The number of nitrogens with one attached hydrogen (secondary N) is 2. The molecule has 0 fully saturated rings. The van der Waals surface area contributed by atoms with Gasteiger partial charge in [-0.2, -0.15) is 0 Å². The van der Waals surface area contributed by atoms with E-state index in [1.54, 1.807) is 0 Å². The summed E-state index contributed by atoms with van der Waals surface area (Å²) in [7, 11) is 0. The first-order valence-corrected chi connectivity index (χ1v) is 6.21. The van der Waals surface area contributed by atoms with Crippen LogP contribution >= 0.6 is 0 Å². The number of amides is 1. The van der Waals surface area contributed by atoms with E-state index in [4.69, 9.17) is 0 Å². The number of rotatable bonds is 4. The number of aromatic nitrogens is 2. The van der Waals surface area contributed by atoms with Gasteiger partial charge in [0.1, 0.15) is 11.5 Å². The van der Waals surface area contributed by atoms with Crippen molar-refractivity contribution in [3.05, 3.63) is 48.0 Å². The van der Waals surface area contributed by atoms with Gasteiger partial charge < -0.3 is 10.6 Å². The Labute approximate surface area is 116 Å². The van der Waals surface area contributed by atoms with E-state index in [1.807, 2.05) is 13.8 Å². The van der Waals surface area contributed by atoms with Gasteiger partial charge in [0.05, 0.1) is 0 Å². The number of carbonyl (C=O) groups is 1. The molecule has 0 bridgehead atoms. The van der Waals surface area contributed by atoms with Crippen LogP contribution in [-0.2, 0) is 0 Å². The molecule has 0 saturated carbocycles. The van der Waals surface area contributed by atoms with Crippen molar-refractivity contribution in [2.24, 2.45) is 0 Å². The first-order valence-electron chi connectivity index (χ1n) is 6.21. The summed E-state index contributed by atoms with van der Waals surface area (Å²) in [6, 6.07) is 7.22. The zero-order valence-electron chi connectivity index (χ0n) is 11.2. The normalized spacial score (nSPS) is 10.4. The van der Waals surface area contributed by atoms with Gasteiger partial charge in [-0.25, -0.2) is 14.4 Å². The Morgan fingerprint density at radius 1 is 1.20 bits per heavy atom. The van der Waals surface area contributed by atoms with Gasteiger partial charge in [0, 0.05) is 17.9 Å². The third-order valence-electron chi connectivity index (χ3n) is 2.41. The van der Waals surface area contributed by atoms with Crippen LogP contribution in [0.2, 0.25) is 0 Å². The molecule has 1 amide bonds. The van der Waals surface area contributed by atoms with Crippen molar-refractivity contribution in [3.63, 3.8) is 0 Å². The van der Waals surface area contributed by atoms with E-state index in [0.717, 1.165) is 0 Å². The lowest BCUT2D eigenvalue weighted by molar-refractivity contribution is 0.102. The van der Waals surface area contributed by atoms with Crippen LogP contribution in [0.15, 0.2) is 36.5 Å². The Balaban J connectivity index is 2.10. The molecule has 0 saturated heterocycles. The summed E-state index contributed by atoms with van der Waals surface area (Å²) >= 11 is 0. The summed E-state index contributed by atoms with van der Waals surface area (Å²) in [5.74, 6) is -0.328. The van der Waals surface area contributed by atoms with Crippen LogP contribution in [0.4, 0.5) is 16.0 Å². The summed E-state index contributed by atoms with van der Waals surface area (Å²) in [5, 5.41) is 5.66. The average Bonchev–Trinajstić information content (AvgIpc) is 2.41. The van der Waals surface area contributed by atoms with E-state index in [-0.39, 0.29) is 23.5 Å². The molecule has 2 rings (SSSR count). The number of nitrogens with zero attached hydrogens (tertiary/aromatic N) is 2. The Bertz CT molecular complexity index is 598. The van der Waals surface area contributed by atoms with Crippen molar-refractivity contribution in [1.29, 1.82) is 0 Å². The van der Waals surface area contributed by atoms with Crippen molar-refractivity contribution in [2.45, 2.75) is 19.9 Å². The largest absolute Gasteiger partial charge is 0.352 e. The second kappa shape index (κ2) is 6.10. The van der Waals surface area contributed by atoms with E-state index in [1.165, 1.54) is 36.5 Å². The molecule has 1 heterocycles. The van der Waals surface area contributed by atoms with E-state index in [9.17, 15) is 9.18 Å². The fourth-order valence-corrected chi connectivity index (χ4v) is 1.54. The predicted molar refractivity (Wildman–Crippen MR) is 75.1 cm³/mol. The molecule has 5 nitrogen and oxygen atoms in total. The molecule has 0 spiro atoms. The highest BCUT2D eigenvalue weighted by molar-refractivity contribution is 6.02. The maximum absolute atomic E-state index is 12.8. The smallest absolute Gasteiger partial charge is 0.274 e. The minimum Gasteiger partial charge on any atom is -0.352 e. The topological polar surface area (TPSA) is 66.9 Å². The van der Waals surface area contributed by atoms with Gasteiger partial charge in [0.25, 0.3) is 5.91 Å². The van der Waals surface area contributed by atoms with Gasteiger partial charge in [0.2, 0.25) is 5.95 Å². The molecule has 0 aliphatic carbocycles. The van der Waals surface area contributed by atoms with Crippen molar-refractivity contribution < 1.29 is 9.18 Å². The lowest BCUT2D eigenvalue weighted by atomic mass is 10.3. The molecule has 0 unspecified atom stereocenters. The van der Waals surface area contributed by atoms with E-state index >= 15 is 0 Å². The Morgan fingerprint density at radius 3 is 2.55 bits per heavy atom. The first kappa shape index (κ1) is 13.9. The summed E-state index contributed by atoms with van der Waals surface area (Å²) in [6.45, 7) is 3.91.